The Morgan fingerprint density at radius 2 is 0.966 bits per heavy atom. The average Bonchev–Trinajstić information content (AvgIpc) is 3.96. The van der Waals surface area contributed by atoms with E-state index in [1.807, 2.05) is 0 Å². The van der Waals surface area contributed by atoms with E-state index in [4.69, 9.17) is 18.9 Å². The Bertz CT molecular complexity index is 2220. The average molecular weight is 862 g/mol. The van der Waals surface area contributed by atoms with Crippen molar-refractivity contribution in [3.63, 3.8) is 0 Å². The van der Waals surface area contributed by atoms with Crippen molar-refractivity contribution in [2.24, 2.45) is 5.92 Å². The predicted octanol–water partition coefficient (Wildman–Crippen LogP) is 5.16. The fourth-order valence-electron chi connectivity index (χ4n) is 4.95. The van der Waals surface area contributed by atoms with Crippen LogP contribution >= 0.6 is 34.0 Å². The third-order valence-electron chi connectivity index (χ3n) is 7.51. The molecular formula is C38H39N9O9S3. The minimum atomic E-state index is -1.71. The predicted molar refractivity (Wildman–Crippen MR) is 222 cm³/mol. The Hall–Kier alpha value is -6.45. The Labute approximate surface area is 350 Å². The zero-order valence-electron chi connectivity index (χ0n) is 32.5. The van der Waals surface area contributed by atoms with Crippen molar-refractivity contribution in [3.05, 3.63) is 74.7 Å². The number of hydrogen-bond donors (Lipinski definition) is 3. The number of allylic oxidation sites excluding steroid dienone is 2. The molecule has 308 valence electrons. The van der Waals surface area contributed by atoms with Crippen molar-refractivity contribution in [1.82, 2.24) is 30.6 Å². The summed E-state index contributed by atoms with van der Waals surface area (Å²) in [5.41, 5.74) is 0.937. The van der Waals surface area contributed by atoms with Crippen LogP contribution in [-0.4, -0.2) is 92.7 Å². The van der Waals surface area contributed by atoms with Gasteiger partial charge in [-0.15, -0.1) is 30.6 Å². The van der Waals surface area contributed by atoms with Gasteiger partial charge in [-0.05, 0) is 82.2 Å². The lowest BCUT2D eigenvalue weighted by molar-refractivity contribution is -0.136. The minimum Gasteiger partial charge on any atom is -0.490 e. The number of nitrogens with one attached hydrogen (secondary N) is 3. The van der Waals surface area contributed by atoms with Gasteiger partial charge in [-0.2, -0.15) is 0 Å². The summed E-state index contributed by atoms with van der Waals surface area (Å²) in [7, 11) is 0. The molecule has 3 N–H and O–H groups in total. The van der Waals surface area contributed by atoms with Crippen LogP contribution in [0, 0.1) is 26.7 Å². The molecule has 5 rings (SSSR count). The van der Waals surface area contributed by atoms with E-state index in [2.05, 4.69) is 46.5 Å². The van der Waals surface area contributed by atoms with E-state index >= 15 is 0 Å². The molecule has 0 saturated heterocycles. The summed E-state index contributed by atoms with van der Waals surface area (Å²) in [6, 6.07) is 9.30. The van der Waals surface area contributed by atoms with E-state index < -0.39 is 35.2 Å². The number of ether oxygens (including phenoxy) is 4. The summed E-state index contributed by atoms with van der Waals surface area (Å²) in [4.78, 5) is 65.9. The first-order valence-electron chi connectivity index (χ1n) is 17.9. The SMILES string of the molecule is CCOc1cc(/C=C/C(=O)C(C(=O)/C=C/c2ccc(OC(=O)CNc3nnc(C)s3)c(OCC)c2)C(=O)CNc2nnc(C)s2)ccc1OC(=O)CNc1nnc(C)s1. The van der Waals surface area contributed by atoms with Gasteiger partial charge in [-0.3, -0.25) is 14.4 Å². The molecular weight excluding hydrogens is 823 g/mol. The van der Waals surface area contributed by atoms with Crippen LogP contribution < -0.4 is 34.9 Å². The fraction of sp³-hybridized carbons (Fsp3) is 0.289. The van der Waals surface area contributed by atoms with Gasteiger partial charge in [0.05, 0.1) is 19.8 Å². The maximum absolute atomic E-state index is 13.7. The van der Waals surface area contributed by atoms with E-state index in [-0.39, 0.29) is 55.8 Å². The molecule has 0 unspecified atom stereocenters. The monoisotopic (exact) mass is 861 g/mol. The van der Waals surface area contributed by atoms with Crippen LogP contribution in [0.15, 0.2) is 48.6 Å². The third kappa shape index (κ3) is 13.3. The van der Waals surface area contributed by atoms with Crippen LogP contribution in [0.1, 0.15) is 40.0 Å². The molecule has 0 saturated carbocycles. The summed E-state index contributed by atoms with van der Waals surface area (Å²) in [6.45, 7) is 8.64. The van der Waals surface area contributed by atoms with E-state index in [0.29, 0.717) is 31.5 Å². The van der Waals surface area contributed by atoms with E-state index in [0.717, 1.165) is 22.2 Å². The number of rotatable bonds is 22. The number of benzene rings is 2. The number of hydrogen-bond acceptors (Lipinski definition) is 21. The van der Waals surface area contributed by atoms with E-state index in [1.165, 1.54) is 58.3 Å². The van der Waals surface area contributed by atoms with Gasteiger partial charge in [0.25, 0.3) is 0 Å². The Kier molecular flexibility index (Phi) is 15.8. The molecule has 0 spiro atoms. The van der Waals surface area contributed by atoms with Crippen molar-refractivity contribution in [1.29, 1.82) is 0 Å². The molecule has 0 aliphatic rings. The molecule has 18 nitrogen and oxygen atoms in total. The molecule has 21 heteroatoms. The number of ketones is 3. The van der Waals surface area contributed by atoms with E-state index in [9.17, 15) is 24.0 Å². The molecule has 0 aliphatic heterocycles. The fourth-order valence-corrected chi connectivity index (χ4v) is 6.71. The van der Waals surface area contributed by atoms with Crippen LogP contribution in [-0.2, 0) is 24.0 Å². The number of aryl methyl sites for hydroxylation is 3. The lowest BCUT2D eigenvalue weighted by atomic mass is 9.92. The van der Waals surface area contributed by atoms with Gasteiger partial charge in [-0.1, -0.05) is 58.3 Å². The summed E-state index contributed by atoms with van der Waals surface area (Å²) in [5, 5.41) is 35.5. The zero-order chi connectivity index (χ0) is 42.3. The second-order valence-corrected chi connectivity index (χ2v) is 15.6. The van der Waals surface area contributed by atoms with Crippen LogP contribution in [0.3, 0.4) is 0 Å². The van der Waals surface area contributed by atoms with Gasteiger partial charge in [0, 0.05) is 0 Å². The molecule has 3 heterocycles. The topological polar surface area (TPSA) is 236 Å². The maximum atomic E-state index is 13.7. The third-order valence-corrected chi connectivity index (χ3v) is 9.90. The number of anilines is 3. The number of aromatic nitrogens is 6. The highest BCUT2D eigenvalue weighted by atomic mass is 32.1. The van der Waals surface area contributed by atoms with Crippen LogP contribution in [0.2, 0.25) is 0 Å². The smallest absolute Gasteiger partial charge is 0.330 e. The van der Waals surface area contributed by atoms with Gasteiger partial charge in [0.15, 0.2) is 40.3 Å². The first kappa shape index (κ1) is 43.7. The lowest BCUT2D eigenvalue weighted by Crippen LogP contribution is -2.34. The number of nitrogens with zero attached hydrogens (tertiary/aromatic N) is 6. The zero-order valence-corrected chi connectivity index (χ0v) is 34.9. The second kappa shape index (κ2) is 21.3. The Morgan fingerprint density at radius 3 is 1.32 bits per heavy atom. The van der Waals surface area contributed by atoms with Crippen molar-refractivity contribution >= 4 is 90.8 Å². The first-order chi connectivity index (χ1) is 28.4. The number of carbonyl (C=O) groups excluding carboxylic acids is 5. The Morgan fingerprint density at radius 1 is 0.576 bits per heavy atom. The Balaban J connectivity index is 1.29. The minimum absolute atomic E-state index is 0.150. The van der Waals surface area contributed by atoms with Crippen LogP contribution in [0.25, 0.3) is 12.2 Å². The van der Waals surface area contributed by atoms with Crippen molar-refractivity contribution in [3.8, 4) is 23.0 Å². The molecule has 3 aromatic heterocycles. The summed E-state index contributed by atoms with van der Waals surface area (Å²) >= 11 is 3.80. The van der Waals surface area contributed by atoms with Gasteiger partial charge < -0.3 is 34.9 Å². The normalized spacial score (nSPS) is 11.2. The highest BCUT2D eigenvalue weighted by Crippen LogP contribution is 2.31. The molecule has 59 heavy (non-hydrogen) atoms. The molecule has 0 radical (unpaired) electrons. The highest BCUT2D eigenvalue weighted by molar-refractivity contribution is 7.15. The molecule has 2 aromatic carbocycles. The second-order valence-electron chi connectivity index (χ2n) is 12.0. The number of esters is 2. The molecule has 5 aromatic rings. The summed E-state index contributed by atoms with van der Waals surface area (Å²) < 4.78 is 22.4. The van der Waals surface area contributed by atoms with Crippen molar-refractivity contribution in [2.75, 3.05) is 48.8 Å². The van der Waals surface area contributed by atoms with Gasteiger partial charge >= 0.3 is 11.9 Å². The van der Waals surface area contributed by atoms with Crippen molar-refractivity contribution in [2.45, 2.75) is 34.6 Å². The maximum Gasteiger partial charge on any atom is 0.330 e. The lowest BCUT2D eigenvalue weighted by Gasteiger charge is -2.12. The van der Waals surface area contributed by atoms with Gasteiger partial charge in [-0.25, -0.2) is 9.59 Å². The molecule has 0 fully saturated rings. The molecule has 0 atom stereocenters. The van der Waals surface area contributed by atoms with Crippen LogP contribution in [0.4, 0.5) is 15.4 Å². The molecule has 0 bridgehead atoms. The number of Topliss-reactive ketones (excluding diaryl/α,β-unsaturated/α-hetero) is 1. The summed E-state index contributed by atoms with van der Waals surface area (Å²) in [6.07, 6.45) is 5.11. The van der Waals surface area contributed by atoms with Crippen LogP contribution in [0.5, 0.6) is 23.0 Å². The standard InChI is InChI=1S/C38H39N9O9S3/c1-6-53-31-16-24(10-14-29(31)55-33(51)19-40-37-46-43-22(4)58-37)8-12-26(48)35(28(50)18-39-36-45-42-21(3)57-36)27(49)13-9-25-11-15-30(32(17-25)54-7-2)56-34(52)20-41-38-47-44-23(5)59-38/h8-17,35H,6-7,18-20H2,1-5H3,(H,39,45)(H,40,46)(H,41,47)/b12-8+,13-9+. The number of carbonyl (C=O) groups is 5. The molecule has 0 aliphatic carbocycles. The quantitative estimate of drug-likeness (QED) is 0.0353. The first-order valence-corrected chi connectivity index (χ1v) is 20.4. The van der Waals surface area contributed by atoms with Crippen molar-refractivity contribution < 1.29 is 42.9 Å². The largest absolute Gasteiger partial charge is 0.490 e. The van der Waals surface area contributed by atoms with E-state index in [1.54, 1.807) is 58.9 Å². The summed E-state index contributed by atoms with van der Waals surface area (Å²) in [5.74, 6) is -4.39. The highest BCUT2D eigenvalue weighted by Gasteiger charge is 2.30. The molecule has 0 amide bonds. The van der Waals surface area contributed by atoms with Gasteiger partial charge in [0.2, 0.25) is 15.4 Å². The van der Waals surface area contributed by atoms with Gasteiger partial charge in [0.1, 0.15) is 34.0 Å².